The first-order valence-corrected chi connectivity index (χ1v) is 32.1. The van der Waals surface area contributed by atoms with E-state index in [-0.39, 0.29) is 52.1 Å². The van der Waals surface area contributed by atoms with Gasteiger partial charge in [0.25, 0.3) is 0 Å². The number of hydrogen-bond acceptors (Lipinski definition) is 9. The molecule has 0 spiro atoms. The molecule has 9 nitrogen and oxygen atoms in total. The van der Waals surface area contributed by atoms with Crippen molar-refractivity contribution in [2.75, 3.05) is 47.1 Å². The second-order valence-corrected chi connectivity index (χ2v) is 20.9. The molecule has 0 heterocycles. The van der Waals surface area contributed by atoms with Crippen LogP contribution in [0.3, 0.4) is 0 Å². The minimum Gasteiger partial charge on any atom is -0.465 e. The number of rotatable bonds is 54. The maximum Gasteiger partial charge on any atom is 0.306 e. The van der Waals surface area contributed by atoms with Gasteiger partial charge in [-0.1, -0.05) is 240 Å². The van der Waals surface area contributed by atoms with Crippen LogP contribution in [-0.2, 0) is 38.1 Å². The molecule has 474 valence electrons. The van der Waals surface area contributed by atoms with Crippen LogP contribution in [0.25, 0.3) is 0 Å². The second-order valence-electron chi connectivity index (χ2n) is 20.9. The van der Waals surface area contributed by atoms with Crippen molar-refractivity contribution in [3.63, 3.8) is 0 Å². The van der Waals surface area contributed by atoms with E-state index in [9.17, 15) is 19.2 Å². The van der Waals surface area contributed by atoms with Gasteiger partial charge in [0.05, 0.1) is 0 Å². The number of hydrogen-bond donors (Lipinski definition) is 0. The van der Waals surface area contributed by atoms with Crippen LogP contribution in [0.4, 0.5) is 0 Å². The zero-order chi connectivity index (χ0) is 62.6. The Morgan fingerprint density at radius 3 is 0.628 bits per heavy atom. The first-order valence-electron chi connectivity index (χ1n) is 32.1. The van der Waals surface area contributed by atoms with Crippen LogP contribution in [0.1, 0.15) is 188 Å². The van der Waals surface area contributed by atoms with E-state index in [4.69, 9.17) is 18.9 Å². The van der Waals surface area contributed by atoms with Crippen molar-refractivity contribution in [2.45, 2.75) is 188 Å². The molecule has 0 atom stereocenters. The molecule has 0 aromatic rings. The smallest absolute Gasteiger partial charge is 0.306 e. The Balaban J connectivity index is 5.60. The highest BCUT2D eigenvalue weighted by Crippen LogP contribution is 2.23. The molecule has 0 saturated heterocycles. The Labute approximate surface area is 523 Å². The lowest BCUT2D eigenvalue weighted by Crippen LogP contribution is -2.44. The summed E-state index contributed by atoms with van der Waals surface area (Å²) in [5.74, 6) is -1.87. The Bertz CT molecular complexity index is 2040. The highest BCUT2D eigenvalue weighted by molar-refractivity contribution is 5.71. The molecule has 0 aromatic carbocycles. The van der Waals surface area contributed by atoms with Crippen LogP contribution >= 0.6 is 0 Å². The van der Waals surface area contributed by atoms with Gasteiger partial charge in [0.15, 0.2) is 0 Å². The molecule has 0 radical (unpaired) electrons. The lowest BCUT2D eigenvalue weighted by Gasteiger charge is -2.31. The van der Waals surface area contributed by atoms with Gasteiger partial charge in [-0.3, -0.25) is 19.2 Å². The summed E-state index contributed by atoms with van der Waals surface area (Å²) < 4.78 is 23.2. The van der Waals surface area contributed by atoms with Crippen LogP contribution in [-0.4, -0.2) is 75.8 Å². The van der Waals surface area contributed by atoms with E-state index >= 15 is 0 Å². The number of allylic oxidation sites excluding steroid dienone is 36. The van der Waals surface area contributed by atoms with Gasteiger partial charge in [0.1, 0.15) is 31.8 Å². The monoisotopic (exact) mass is 1180 g/mol. The molecule has 0 unspecified atom stereocenters. The Hall–Kier alpha value is -6.84. The van der Waals surface area contributed by atoms with E-state index in [1.165, 1.54) is 0 Å². The van der Waals surface area contributed by atoms with E-state index in [1.807, 2.05) is 55.5 Å². The fourth-order valence-corrected chi connectivity index (χ4v) is 7.54. The van der Waals surface area contributed by atoms with Crippen LogP contribution in [0.5, 0.6) is 0 Å². The summed E-state index contributed by atoms with van der Waals surface area (Å²) in [6.45, 7) is 5.96. The molecule has 0 amide bonds. The fraction of sp³-hybridized carbons (Fsp3) is 0.481. The van der Waals surface area contributed by atoms with E-state index in [2.05, 4.69) is 203 Å². The fourth-order valence-electron chi connectivity index (χ4n) is 7.54. The van der Waals surface area contributed by atoms with Crippen molar-refractivity contribution in [3.05, 3.63) is 219 Å². The Kier molecular flexibility index (Phi) is 59.1. The zero-order valence-electron chi connectivity index (χ0n) is 53.9. The minimum atomic E-state index is -1.34. The molecule has 0 bridgehead atoms. The number of ether oxygens (including phenoxy) is 4. The summed E-state index contributed by atoms with van der Waals surface area (Å²) in [5, 5.41) is 0. The third-order valence-corrected chi connectivity index (χ3v) is 12.5. The SMILES string of the molecule is CC/C=C\C/C=C\C/C=C\C/C=C\C/C=C\C/C=C\CCC(=O)OCC(COC(=O)CC/C=C\C/C=C\C/C=C\C/C=C\C/C=C\C/C=C\CC)(COC(=O)CC/C=C\C/C=C\C/C=C\C/C=C\C/C=C\C/C=C\CC)COC(=O)CCCN(C)C. The molecule has 9 heteroatoms. The predicted molar refractivity (Wildman–Crippen MR) is 366 cm³/mol. The van der Waals surface area contributed by atoms with Crippen molar-refractivity contribution in [3.8, 4) is 0 Å². The van der Waals surface area contributed by atoms with Gasteiger partial charge in [-0.2, -0.15) is 0 Å². The maximum absolute atomic E-state index is 13.2. The molecule has 0 aromatic heterocycles. The van der Waals surface area contributed by atoms with Crippen molar-refractivity contribution >= 4 is 23.9 Å². The van der Waals surface area contributed by atoms with Crippen molar-refractivity contribution < 1.29 is 38.1 Å². The van der Waals surface area contributed by atoms with E-state index in [0.717, 1.165) is 116 Å². The number of carbonyl (C=O) groups excluding carboxylic acids is 4. The minimum absolute atomic E-state index is 0.111. The summed E-state index contributed by atoms with van der Waals surface area (Å²) in [5.41, 5.74) is -1.34. The van der Waals surface area contributed by atoms with Crippen molar-refractivity contribution in [1.82, 2.24) is 4.90 Å². The number of esters is 4. The average Bonchev–Trinajstić information content (AvgIpc) is 3.67. The maximum atomic E-state index is 13.2. The van der Waals surface area contributed by atoms with E-state index in [1.54, 1.807) is 0 Å². The first-order chi connectivity index (χ1) is 42.2. The van der Waals surface area contributed by atoms with Gasteiger partial charge in [0, 0.05) is 25.7 Å². The molecule has 0 N–H and O–H groups in total. The van der Waals surface area contributed by atoms with Crippen LogP contribution < -0.4 is 0 Å². The Morgan fingerprint density at radius 1 is 0.267 bits per heavy atom. The quantitative estimate of drug-likeness (QED) is 0.0334. The summed E-state index contributed by atoms with van der Waals surface area (Å²) in [6.07, 6.45) is 95.9. The third-order valence-electron chi connectivity index (χ3n) is 12.5. The summed E-state index contributed by atoms with van der Waals surface area (Å²) >= 11 is 0. The number of carbonyl (C=O) groups is 4. The summed E-state index contributed by atoms with van der Waals surface area (Å²) in [6, 6.07) is 0. The lowest BCUT2D eigenvalue weighted by atomic mass is 9.92. The normalized spacial score (nSPS) is 13.4. The first kappa shape index (κ1) is 79.2. The lowest BCUT2D eigenvalue weighted by molar-refractivity contribution is -0.170. The van der Waals surface area contributed by atoms with Crippen LogP contribution in [0.2, 0.25) is 0 Å². The number of nitrogens with zero attached hydrogens (tertiary/aromatic N) is 1. The Morgan fingerprint density at radius 2 is 0.442 bits per heavy atom. The molecule has 0 saturated carbocycles. The zero-order valence-corrected chi connectivity index (χ0v) is 53.9. The standard InChI is InChI=1S/C77H113NO8/c1-6-9-12-15-18-21-24-27-30-33-36-39-42-45-48-51-54-57-60-64-73(79)83-69-77(72-86-76(82)67-63-68-78(4)5,70-84-74(80)65-61-58-55-52-49-46-43-40-37-34-31-28-25-22-19-16-13-10-7-2)71-85-75(81)66-62-59-56-53-50-47-44-41-38-35-32-29-26-23-20-17-14-11-8-3/h9-14,18-23,27-32,36-41,45-50,54-59H,6-8,15-17,24-26,33-35,42-44,51-53,60-72H2,1-5H3/b12-9-,13-10-,14-11-,21-18-,22-19-,23-20-,30-27-,31-28-,32-29-,39-36-,40-37-,41-38-,48-45-,49-46-,50-47-,57-54-,58-55-,59-56-. The largest absolute Gasteiger partial charge is 0.465 e. The highest BCUT2D eigenvalue weighted by atomic mass is 16.6. The predicted octanol–water partition coefficient (Wildman–Crippen LogP) is 19.9. The molecule has 86 heavy (non-hydrogen) atoms. The molecular weight excluding hydrogens is 1070 g/mol. The van der Waals surface area contributed by atoms with Gasteiger partial charge >= 0.3 is 23.9 Å². The topological polar surface area (TPSA) is 108 Å². The summed E-state index contributed by atoms with van der Waals surface area (Å²) in [4.78, 5) is 54.7. The van der Waals surface area contributed by atoms with E-state index in [0.29, 0.717) is 32.2 Å². The molecular formula is C77H113NO8. The second kappa shape index (κ2) is 64.2. The third kappa shape index (κ3) is 60.3. The van der Waals surface area contributed by atoms with Crippen molar-refractivity contribution in [2.24, 2.45) is 5.41 Å². The average molecular weight is 1180 g/mol. The highest BCUT2D eigenvalue weighted by Gasteiger charge is 2.38. The van der Waals surface area contributed by atoms with Gasteiger partial charge in [-0.05, 0) is 162 Å². The molecule has 0 rings (SSSR count). The molecule has 0 aliphatic rings. The van der Waals surface area contributed by atoms with Gasteiger partial charge < -0.3 is 23.8 Å². The van der Waals surface area contributed by atoms with Gasteiger partial charge in [-0.15, -0.1) is 0 Å². The van der Waals surface area contributed by atoms with Crippen molar-refractivity contribution in [1.29, 1.82) is 0 Å². The van der Waals surface area contributed by atoms with Crippen LogP contribution in [0.15, 0.2) is 219 Å². The summed E-state index contributed by atoms with van der Waals surface area (Å²) in [7, 11) is 3.86. The van der Waals surface area contributed by atoms with Gasteiger partial charge in [-0.25, -0.2) is 0 Å². The molecule has 0 fully saturated rings. The molecule has 0 aliphatic carbocycles. The van der Waals surface area contributed by atoms with Crippen LogP contribution in [0, 0.1) is 5.41 Å². The van der Waals surface area contributed by atoms with Gasteiger partial charge in [0.2, 0.25) is 0 Å². The van der Waals surface area contributed by atoms with E-state index < -0.39 is 29.3 Å². The molecule has 0 aliphatic heterocycles.